The van der Waals surface area contributed by atoms with E-state index in [9.17, 15) is 9.90 Å². The van der Waals surface area contributed by atoms with Crippen molar-refractivity contribution in [3.8, 4) is 5.75 Å². The van der Waals surface area contributed by atoms with Crippen molar-refractivity contribution in [2.75, 3.05) is 5.32 Å². The Morgan fingerprint density at radius 1 is 1.38 bits per heavy atom. The lowest BCUT2D eigenvalue weighted by molar-refractivity contribution is -0.115. The zero-order valence-corrected chi connectivity index (χ0v) is 15.3. The normalized spacial score (nSPS) is 12.3. The SMILES string of the molecule is Cc1cc2c(SC(C)C(=O)Nc3cc(Cl)ccc3O)ncnc2s1. The van der Waals surface area contributed by atoms with Crippen LogP contribution in [-0.2, 0) is 4.79 Å². The van der Waals surface area contributed by atoms with Crippen molar-refractivity contribution in [1.82, 2.24) is 9.97 Å². The number of thioether (sulfide) groups is 1. The molecule has 1 atom stereocenters. The highest BCUT2D eigenvalue weighted by molar-refractivity contribution is 8.00. The first kappa shape index (κ1) is 17.0. The van der Waals surface area contributed by atoms with Gasteiger partial charge in [0.25, 0.3) is 0 Å². The third-order valence-electron chi connectivity index (χ3n) is 3.29. The van der Waals surface area contributed by atoms with Crippen LogP contribution in [0.15, 0.2) is 35.6 Å². The van der Waals surface area contributed by atoms with Crippen molar-refractivity contribution >= 4 is 56.5 Å². The van der Waals surface area contributed by atoms with Gasteiger partial charge in [0, 0.05) is 15.3 Å². The van der Waals surface area contributed by atoms with Crippen LogP contribution in [0.1, 0.15) is 11.8 Å². The van der Waals surface area contributed by atoms with E-state index in [-0.39, 0.29) is 11.7 Å². The van der Waals surface area contributed by atoms with Gasteiger partial charge in [-0.2, -0.15) is 0 Å². The molecular formula is C16H14ClN3O2S2. The predicted octanol–water partition coefficient (Wildman–Crippen LogP) is 4.48. The molecule has 8 heteroatoms. The number of phenolic OH excluding ortho intramolecular Hbond substituents is 1. The minimum Gasteiger partial charge on any atom is -0.506 e. The number of nitrogens with zero attached hydrogens (tertiary/aromatic N) is 2. The summed E-state index contributed by atoms with van der Waals surface area (Å²) < 4.78 is 0. The molecule has 0 fully saturated rings. The molecule has 124 valence electrons. The number of amides is 1. The lowest BCUT2D eigenvalue weighted by Crippen LogP contribution is -2.22. The van der Waals surface area contributed by atoms with E-state index in [2.05, 4.69) is 15.3 Å². The Morgan fingerprint density at radius 3 is 2.96 bits per heavy atom. The number of carbonyl (C=O) groups excluding carboxylic acids is 1. The molecule has 0 aliphatic carbocycles. The smallest absolute Gasteiger partial charge is 0.237 e. The number of fused-ring (bicyclic) bond motifs is 1. The Hall–Kier alpha value is -1.83. The minimum absolute atomic E-state index is 0.0252. The van der Waals surface area contributed by atoms with E-state index < -0.39 is 5.25 Å². The molecule has 0 saturated heterocycles. The fraction of sp³-hybridized carbons (Fsp3) is 0.188. The van der Waals surface area contributed by atoms with Crippen molar-refractivity contribution in [2.24, 2.45) is 0 Å². The molecule has 2 heterocycles. The highest BCUT2D eigenvalue weighted by Crippen LogP contribution is 2.33. The molecule has 1 unspecified atom stereocenters. The average molecular weight is 380 g/mol. The zero-order chi connectivity index (χ0) is 17.3. The monoisotopic (exact) mass is 379 g/mol. The van der Waals surface area contributed by atoms with Gasteiger partial charge in [0.05, 0.1) is 10.9 Å². The van der Waals surface area contributed by atoms with E-state index in [4.69, 9.17) is 11.6 Å². The van der Waals surface area contributed by atoms with Crippen molar-refractivity contribution in [1.29, 1.82) is 0 Å². The Bertz CT molecular complexity index is 913. The summed E-state index contributed by atoms with van der Waals surface area (Å²) in [6.07, 6.45) is 1.51. The van der Waals surface area contributed by atoms with Crippen LogP contribution in [0.3, 0.4) is 0 Å². The molecule has 3 aromatic rings. The van der Waals surface area contributed by atoms with E-state index in [1.165, 1.54) is 30.2 Å². The average Bonchev–Trinajstić information content (AvgIpc) is 2.92. The minimum atomic E-state index is -0.401. The number of aromatic hydroxyl groups is 1. The summed E-state index contributed by atoms with van der Waals surface area (Å²) in [7, 11) is 0. The quantitative estimate of drug-likeness (QED) is 0.397. The van der Waals surface area contributed by atoms with Crippen LogP contribution in [0.25, 0.3) is 10.2 Å². The molecule has 0 bridgehead atoms. The summed E-state index contributed by atoms with van der Waals surface area (Å²) >= 11 is 8.84. The van der Waals surface area contributed by atoms with Crippen LogP contribution in [0.4, 0.5) is 5.69 Å². The fourth-order valence-corrected chi connectivity index (χ4v) is 4.09. The van der Waals surface area contributed by atoms with Gasteiger partial charge in [0.15, 0.2) is 0 Å². The Morgan fingerprint density at radius 2 is 2.17 bits per heavy atom. The first-order valence-electron chi connectivity index (χ1n) is 7.11. The molecule has 0 aliphatic heterocycles. The second-order valence-corrected chi connectivity index (χ2v) is 8.17. The van der Waals surface area contributed by atoms with E-state index >= 15 is 0 Å². The van der Waals surface area contributed by atoms with Crippen LogP contribution < -0.4 is 5.32 Å². The topological polar surface area (TPSA) is 75.1 Å². The Kier molecular flexibility index (Phi) is 4.93. The van der Waals surface area contributed by atoms with Gasteiger partial charge in [-0.25, -0.2) is 9.97 Å². The molecule has 24 heavy (non-hydrogen) atoms. The van der Waals surface area contributed by atoms with E-state index in [1.807, 2.05) is 13.0 Å². The van der Waals surface area contributed by atoms with Crippen molar-refractivity contribution in [3.05, 3.63) is 40.5 Å². The molecule has 0 radical (unpaired) electrons. The zero-order valence-electron chi connectivity index (χ0n) is 12.9. The highest BCUT2D eigenvalue weighted by atomic mass is 35.5. The number of carbonyl (C=O) groups is 1. The van der Waals surface area contributed by atoms with Gasteiger partial charge in [-0.1, -0.05) is 23.4 Å². The standard InChI is InChI=1S/C16H14ClN3O2S2/c1-8-5-11-15(23-8)18-7-19-16(11)24-9(2)14(22)20-12-6-10(17)3-4-13(12)21/h3-7,9,21H,1-2H3,(H,20,22). The third kappa shape index (κ3) is 3.63. The molecule has 0 saturated carbocycles. The summed E-state index contributed by atoms with van der Waals surface area (Å²) in [6.45, 7) is 3.80. The molecule has 1 amide bonds. The highest BCUT2D eigenvalue weighted by Gasteiger charge is 2.19. The predicted molar refractivity (Wildman–Crippen MR) is 99.2 cm³/mol. The maximum absolute atomic E-state index is 12.4. The molecule has 3 rings (SSSR count). The summed E-state index contributed by atoms with van der Waals surface area (Å²) in [6, 6.07) is 6.53. The summed E-state index contributed by atoms with van der Waals surface area (Å²) in [5.74, 6) is -0.265. The van der Waals surface area contributed by atoms with Crippen LogP contribution >= 0.6 is 34.7 Å². The van der Waals surface area contributed by atoms with Crippen molar-refractivity contribution in [2.45, 2.75) is 24.1 Å². The van der Waals surface area contributed by atoms with E-state index in [0.29, 0.717) is 10.7 Å². The van der Waals surface area contributed by atoms with Crippen LogP contribution in [-0.4, -0.2) is 26.2 Å². The number of benzene rings is 1. The lowest BCUT2D eigenvalue weighted by Gasteiger charge is -2.13. The number of phenols is 1. The number of thiophene rings is 1. The van der Waals surface area contributed by atoms with Crippen molar-refractivity contribution < 1.29 is 9.90 Å². The van der Waals surface area contributed by atoms with Crippen LogP contribution in [0.2, 0.25) is 5.02 Å². The van der Waals surface area contributed by atoms with Gasteiger partial charge in [0.1, 0.15) is 21.9 Å². The number of rotatable bonds is 4. The summed E-state index contributed by atoms with van der Waals surface area (Å²) in [5.41, 5.74) is 0.291. The number of aromatic nitrogens is 2. The number of hydrogen-bond donors (Lipinski definition) is 2. The lowest BCUT2D eigenvalue weighted by atomic mass is 10.3. The van der Waals surface area contributed by atoms with Gasteiger partial charge in [0.2, 0.25) is 5.91 Å². The van der Waals surface area contributed by atoms with Gasteiger partial charge in [-0.3, -0.25) is 4.79 Å². The summed E-state index contributed by atoms with van der Waals surface area (Å²) in [5, 5.41) is 14.2. The third-order valence-corrected chi connectivity index (χ3v) is 5.60. The number of anilines is 1. The molecular weight excluding hydrogens is 366 g/mol. The number of nitrogens with one attached hydrogen (secondary N) is 1. The van der Waals surface area contributed by atoms with Gasteiger partial charge >= 0.3 is 0 Å². The summed E-state index contributed by atoms with van der Waals surface area (Å²) in [4.78, 5) is 23.0. The number of hydrogen-bond acceptors (Lipinski definition) is 6. The fourth-order valence-electron chi connectivity index (χ4n) is 2.11. The van der Waals surface area contributed by atoms with Crippen molar-refractivity contribution in [3.63, 3.8) is 0 Å². The van der Waals surface area contributed by atoms with E-state index in [0.717, 1.165) is 20.1 Å². The molecule has 0 spiro atoms. The molecule has 0 aliphatic rings. The van der Waals surface area contributed by atoms with Crippen LogP contribution in [0, 0.1) is 6.92 Å². The first-order chi connectivity index (χ1) is 11.4. The molecule has 2 aromatic heterocycles. The van der Waals surface area contributed by atoms with Crippen LogP contribution in [0.5, 0.6) is 5.75 Å². The maximum atomic E-state index is 12.4. The van der Waals surface area contributed by atoms with E-state index in [1.54, 1.807) is 24.3 Å². The Labute approximate surface area is 152 Å². The molecule has 2 N–H and O–H groups in total. The molecule has 1 aromatic carbocycles. The second-order valence-electron chi connectivity index (χ2n) is 5.17. The molecule has 5 nitrogen and oxygen atoms in total. The van der Waals surface area contributed by atoms with Gasteiger partial charge < -0.3 is 10.4 Å². The second kappa shape index (κ2) is 6.96. The van der Waals surface area contributed by atoms with Gasteiger partial charge in [-0.05, 0) is 38.1 Å². The number of aryl methyl sites for hydroxylation is 1. The number of halogens is 1. The largest absolute Gasteiger partial charge is 0.506 e. The van der Waals surface area contributed by atoms with Gasteiger partial charge in [-0.15, -0.1) is 11.3 Å². The Balaban J connectivity index is 1.77. The maximum Gasteiger partial charge on any atom is 0.237 e. The first-order valence-corrected chi connectivity index (χ1v) is 9.18.